The van der Waals surface area contributed by atoms with E-state index in [1.54, 1.807) is 12.1 Å². The van der Waals surface area contributed by atoms with Gasteiger partial charge in [0.25, 0.3) is 0 Å². The maximum absolute atomic E-state index is 13.9. The van der Waals surface area contributed by atoms with Gasteiger partial charge in [0.05, 0.1) is 25.8 Å². The molecule has 0 aliphatic carbocycles. The van der Waals surface area contributed by atoms with Crippen LogP contribution >= 0.6 is 0 Å². The van der Waals surface area contributed by atoms with E-state index in [-0.39, 0.29) is 11.9 Å². The summed E-state index contributed by atoms with van der Waals surface area (Å²) in [5, 5.41) is 6.70. The summed E-state index contributed by atoms with van der Waals surface area (Å²) >= 11 is 0. The topological polar surface area (TPSA) is 48.9 Å². The van der Waals surface area contributed by atoms with Crippen molar-refractivity contribution >= 4 is 5.96 Å². The van der Waals surface area contributed by atoms with E-state index in [9.17, 15) is 4.39 Å². The van der Waals surface area contributed by atoms with Crippen LogP contribution in [0.3, 0.4) is 0 Å². The zero-order valence-electron chi connectivity index (χ0n) is 16.4. The molecule has 0 amide bonds. The summed E-state index contributed by atoms with van der Waals surface area (Å²) in [6.07, 6.45) is 0. The van der Waals surface area contributed by atoms with E-state index < -0.39 is 0 Å². The van der Waals surface area contributed by atoms with Crippen LogP contribution in [0, 0.1) is 5.82 Å². The number of hydrogen-bond acceptors (Lipinski definition) is 3. The number of benzene rings is 2. The zero-order chi connectivity index (χ0) is 19.6. The van der Waals surface area contributed by atoms with Gasteiger partial charge < -0.3 is 15.4 Å². The first kappa shape index (κ1) is 20.3. The van der Waals surface area contributed by atoms with Gasteiger partial charge in [-0.25, -0.2) is 9.38 Å². The van der Waals surface area contributed by atoms with E-state index in [1.165, 1.54) is 11.6 Å². The molecule has 6 heteroatoms. The Hall–Kier alpha value is -2.44. The van der Waals surface area contributed by atoms with Crippen LogP contribution in [0.15, 0.2) is 59.6 Å². The van der Waals surface area contributed by atoms with Gasteiger partial charge in [-0.3, -0.25) is 4.90 Å². The lowest BCUT2D eigenvalue weighted by Gasteiger charge is -2.35. The minimum absolute atomic E-state index is 0.224. The van der Waals surface area contributed by atoms with Gasteiger partial charge in [-0.05, 0) is 18.6 Å². The van der Waals surface area contributed by atoms with E-state index in [0.717, 1.165) is 32.8 Å². The summed E-state index contributed by atoms with van der Waals surface area (Å²) in [4.78, 5) is 7.00. The molecule has 0 radical (unpaired) electrons. The SMILES string of the molecule is CCNC(=NCc1ccccc1F)NCC(c1ccccc1)N1CCOCC1. The van der Waals surface area contributed by atoms with Crippen molar-refractivity contribution in [2.45, 2.75) is 19.5 Å². The van der Waals surface area contributed by atoms with Crippen LogP contribution in [0.1, 0.15) is 24.1 Å². The Morgan fingerprint density at radius 2 is 1.79 bits per heavy atom. The molecule has 1 fully saturated rings. The highest BCUT2D eigenvalue weighted by Crippen LogP contribution is 2.21. The first-order chi connectivity index (χ1) is 13.8. The Labute approximate surface area is 166 Å². The minimum atomic E-state index is -0.224. The fourth-order valence-corrected chi connectivity index (χ4v) is 3.35. The van der Waals surface area contributed by atoms with Crippen molar-refractivity contribution in [3.8, 4) is 0 Å². The molecule has 0 spiro atoms. The molecule has 1 atom stereocenters. The second kappa shape index (κ2) is 10.8. The molecule has 1 heterocycles. The van der Waals surface area contributed by atoms with Gasteiger partial charge in [-0.1, -0.05) is 48.5 Å². The molecule has 2 N–H and O–H groups in total. The van der Waals surface area contributed by atoms with Crippen molar-refractivity contribution in [2.75, 3.05) is 39.4 Å². The number of aliphatic imine (C=N–C) groups is 1. The molecular formula is C22H29FN4O. The Kier molecular flexibility index (Phi) is 7.82. The molecule has 1 aliphatic rings. The lowest BCUT2D eigenvalue weighted by molar-refractivity contribution is 0.0170. The third-order valence-corrected chi connectivity index (χ3v) is 4.84. The van der Waals surface area contributed by atoms with Crippen molar-refractivity contribution < 1.29 is 9.13 Å². The Balaban J connectivity index is 1.69. The highest BCUT2D eigenvalue weighted by Gasteiger charge is 2.22. The van der Waals surface area contributed by atoms with E-state index in [1.807, 2.05) is 19.1 Å². The maximum atomic E-state index is 13.9. The molecule has 1 aliphatic heterocycles. The lowest BCUT2D eigenvalue weighted by Crippen LogP contribution is -2.46. The van der Waals surface area contributed by atoms with E-state index in [0.29, 0.717) is 24.6 Å². The molecule has 0 bridgehead atoms. The largest absolute Gasteiger partial charge is 0.379 e. The van der Waals surface area contributed by atoms with Crippen LogP contribution in [-0.4, -0.2) is 50.3 Å². The molecular weight excluding hydrogens is 355 g/mol. The van der Waals surface area contributed by atoms with Gasteiger partial charge in [0.15, 0.2) is 5.96 Å². The first-order valence-corrected chi connectivity index (χ1v) is 9.90. The molecule has 2 aromatic rings. The number of hydrogen-bond donors (Lipinski definition) is 2. The summed E-state index contributed by atoms with van der Waals surface area (Å²) in [5.74, 6) is 0.470. The molecule has 0 saturated carbocycles. The summed E-state index contributed by atoms with van der Waals surface area (Å²) < 4.78 is 19.4. The molecule has 28 heavy (non-hydrogen) atoms. The van der Waals surface area contributed by atoms with E-state index in [4.69, 9.17) is 4.74 Å². The number of nitrogens with zero attached hydrogens (tertiary/aromatic N) is 2. The lowest BCUT2D eigenvalue weighted by atomic mass is 10.0. The second-order valence-corrected chi connectivity index (χ2v) is 6.74. The first-order valence-electron chi connectivity index (χ1n) is 9.90. The van der Waals surface area contributed by atoms with Crippen LogP contribution in [0.4, 0.5) is 4.39 Å². The van der Waals surface area contributed by atoms with Gasteiger partial charge in [0, 0.05) is 31.7 Å². The van der Waals surface area contributed by atoms with Gasteiger partial charge >= 0.3 is 0 Å². The number of halogens is 1. The highest BCUT2D eigenvalue weighted by molar-refractivity contribution is 5.79. The number of morpholine rings is 1. The van der Waals surface area contributed by atoms with Crippen molar-refractivity contribution in [3.63, 3.8) is 0 Å². The van der Waals surface area contributed by atoms with Gasteiger partial charge in [0.1, 0.15) is 5.82 Å². The highest BCUT2D eigenvalue weighted by atomic mass is 19.1. The third kappa shape index (κ3) is 5.78. The third-order valence-electron chi connectivity index (χ3n) is 4.84. The van der Waals surface area contributed by atoms with Crippen LogP contribution in [0.2, 0.25) is 0 Å². The van der Waals surface area contributed by atoms with Crippen molar-refractivity contribution in [1.82, 2.24) is 15.5 Å². The van der Waals surface area contributed by atoms with Crippen molar-refractivity contribution in [3.05, 3.63) is 71.5 Å². The number of rotatable bonds is 7. The number of guanidine groups is 1. The molecule has 150 valence electrons. The Bertz CT molecular complexity index is 747. The predicted octanol–water partition coefficient (Wildman–Crippen LogP) is 2.95. The minimum Gasteiger partial charge on any atom is -0.379 e. The smallest absolute Gasteiger partial charge is 0.191 e. The monoisotopic (exact) mass is 384 g/mol. The summed E-state index contributed by atoms with van der Waals surface area (Å²) in [5.41, 5.74) is 1.86. The zero-order valence-corrected chi connectivity index (χ0v) is 16.4. The fourth-order valence-electron chi connectivity index (χ4n) is 3.35. The predicted molar refractivity (Wildman–Crippen MR) is 111 cm³/mol. The number of nitrogens with one attached hydrogen (secondary N) is 2. The van der Waals surface area contributed by atoms with Gasteiger partial charge in [-0.15, -0.1) is 0 Å². The van der Waals surface area contributed by atoms with E-state index in [2.05, 4.69) is 44.8 Å². The average Bonchev–Trinajstić information content (AvgIpc) is 2.74. The normalized spacial score (nSPS) is 16.6. The van der Waals surface area contributed by atoms with Crippen LogP contribution in [0.25, 0.3) is 0 Å². The summed E-state index contributed by atoms with van der Waals surface area (Å²) in [7, 11) is 0. The van der Waals surface area contributed by atoms with Gasteiger partial charge in [0.2, 0.25) is 0 Å². The second-order valence-electron chi connectivity index (χ2n) is 6.74. The van der Waals surface area contributed by atoms with Crippen LogP contribution in [-0.2, 0) is 11.3 Å². The molecule has 0 aromatic heterocycles. The number of ether oxygens (including phenoxy) is 1. The van der Waals surface area contributed by atoms with Gasteiger partial charge in [-0.2, -0.15) is 0 Å². The van der Waals surface area contributed by atoms with Crippen LogP contribution in [0.5, 0.6) is 0 Å². The summed E-state index contributed by atoms with van der Waals surface area (Å²) in [6, 6.07) is 17.5. The van der Waals surface area contributed by atoms with Crippen LogP contribution < -0.4 is 10.6 Å². The van der Waals surface area contributed by atoms with Crippen molar-refractivity contribution in [2.24, 2.45) is 4.99 Å². The quantitative estimate of drug-likeness (QED) is 0.569. The summed E-state index contributed by atoms with van der Waals surface area (Å²) in [6.45, 7) is 7.11. The molecule has 2 aromatic carbocycles. The molecule has 1 saturated heterocycles. The molecule has 3 rings (SSSR count). The maximum Gasteiger partial charge on any atom is 0.191 e. The van der Waals surface area contributed by atoms with Crippen molar-refractivity contribution in [1.29, 1.82) is 0 Å². The molecule has 5 nitrogen and oxygen atoms in total. The standard InChI is InChI=1S/C22H29FN4O/c1-2-24-22(25-16-19-10-6-7-11-20(19)23)26-17-21(18-8-4-3-5-9-18)27-12-14-28-15-13-27/h3-11,21H,2,12-17H2,1H3,(H2,24,25,26). The Morgan fingerprint density at radius 3 is 2.50 bits per heavy atom. The molecule has 1 unspecified atom stereocenters. The Morgan fingerprint density at radius 1 is 1.07 bits per heavy atom. The fraction of sp³-hybridized carbons (Fsp3) is 0.409. The average molecular weight is 384 g/mol. The van der Waals surface area contributed by atoms with E-state index >= 15 is 0 Å².